The van der Waals surface area contributed by atoms with Gasteiger partial charge < -0.3 is 39.7 Å². The molecule has 9 heteroatoms. The first-order valence-electron chi connectivity index (χ1n) is 16.1. The predicted octanol–water partition coefficient (Wildman–Crippen LogP) is 7.77. The third kappa shape index (κ3) is 4.71. The predicted molar refractivity (Wildman–Crippen MR) is 181 cm³/mol. The van der Waals surface area contributed by atoms with Gasteiger partial charge in [0.15, 0.2) is 5.78 Å². The van der Waals surface area contributed by atoms with Crippen molar-refractivity contribution in [3.8, 4) is 46.0 Å². The fraction of sp³-hybridized carbons (Fsp3) is 0.225. The molecule has 0 radical (unpaired) electrons. The van der Waals surface area contributed by atoms with Crippen molar-refractivity contribution in [2.45, 2.75) is 50.4 Å². The zero-order valence-electron chi connectivity index (χ0n) is 27.0. The highest BCUT2D eigenvalue weighted by atomic mass is 16.7. The van der Waals surface area contributed by atoms with Crippen LogP contribution in [-0.4, -0.2) is 36.9 Å². The van der Waals surface area contributed by atoms with E-state index in [1.165, 1.54) is 36.4 Å². The Hall–Kier alpha value is -5.83. The highest BCUT2D eigenvalue weighted by Gasteiger charge is 2.62. The molecule has 8 rings (SSSR count). The van der Waals surface area contributed by atoms with Gasteiger partial charge in [0.05, 0.1) is 22.6 Å². The van der Waals surface area contributed by atoms with Crippen LogP contribution in [0.3, 0.4) is 0 Å². The number of ether oxygens (including phenoxy) is 3. The summed E-state index contributed by atoms with van der Waals surface area (Å²) < 4.78 is 20.4. The number of hydrogen-bond acceptors (Lipinski definition) is 9. The number of fused-ring (bicyclic) bond motifs is 5. The minimum Gasteiger partial charge on any atom is -0.508 e. The van der Waals surface area contributed by atoms with Crippen molar-refractivity contribution in [2.75, 3.05) is 0 Å². The lowest BCUT2D eigenvalue weighted by Crippen LogP contribution is -2.56. The summed E-state index contributed by atoms with van der Waals surface area (Å²) in [5.41, 5.74) is 3.09. The number of phenolic OH excluding ortho intramolecular Hbond substituents is 5. The molecule has 3 aliphatic heterocycles. The zero-order chi connectivity index (χ0) is 34.4. The molecule has 0 bridgehead atoms. The quantitative estimate of drug-likeness (QED) is 0.0843. The fourth-order valence-electron chi connectivity index (χ4n) is 7.80. The first-order chi connectivity index (χ1) is 23.3. The number of ketones is 1. The van der Waals surface area contributed by atoms with E-state index in [2.05, 4.69) is 6.08 Å². The summed E-state index contributed by atoms with van der Waals surface area (Å²) in [5, 5.41) is 53.1. The molecular formula is C40H34O9. The number of rotatable bonds is 4. The summed E-state index contributed by atoms with van der Waals surface area (Å²) in [5.74, 6) is -2.49. The molecule has 0 saturated carbocycles. The number of carbonyl (C=O) groups is 1. The second-order valence-corrected chi connectivity index (χ2v) is 13.7. The monoisotopic (exact) mass is 658 g/mol. The van der Waals surface area contributed by atoms with Crippen LogP contribution in [0.15, 0.2) is 84.5 Å². The first kappa shape index (κ1) is 30.5. The number of carbonyl (C=O) groups excluding carboxylic acids is 1. The minimum absolute atomic E-state index is 0.0331. The van der Waals surface area contributed by atoms with Crippen LogP contribution in [0.25, 0.3) is 12.2 Å². The lowest BCUT2D eigenvalue weighted by atomic mass is 9.60. The van der Waals surface area contributed by atoms with Crippen LogP contribution in [0.4, 0.5) is 0 Å². The summed E-state index contributed by atoms with van der Waals surface area (Å²) in [6.45, 7) is 5.85. The van der Waals surface area contributed by atoms with Crippen LogP contribution < -0.4 is 14.2 Å². The highest BCUT2D eigenvalue weighted by Crippen LogP contribution is 2.66. The highest BCUT2D eigenvalue weighted by molar-refractivity contribution is 6.09. The summed E-state index contributed by atoms with van der Waals surface area (Å²) in [7, 11) is 0. The summed E-state index contributed by atoms with van der Waals surface area (Å²) in [4.78, 5) is 13.5. The molecule has 0 spiro atoms. The van der Waals surface area contributed by atoms with Gasteiger partial charge >= 0.3 is 0 Å². The Morgan fingerprint density at radius 2 is 1.61 bits per heavy atom. The molecule has 0 aromatic heterocycles. The van der Waals surface area contributed by atoms with Crippen molar-refractivity contribution in [1.29, 1.82) is 0 Å². The Kier molecular flexibility index (Phi) is 6.59. The van der Waals surface area contributed by atoms with Crippen molar-refractivity contribution in [3.63, 3.8) is 0 Å². The number of phenols is 5. The lowest BCUT2D eigenvalue weighted by molar-refractivity contribution is -0.198. The van der Waals surface area contributed by atoms with E-state index >= 15 is 0 Å². The molecule has 0 fully saturated rings. The van der Waals surface area contributed by atoms with Gasteiger partial charge in [-0.05, 0) is 99.5 Å². The van der Waals surface area contributed by atoms with Crippen LogP contribution in [0, 0.1) is 5.92 Å². The second-order valence-electron chi connectivity index (χ2n) is 13.7. The van der Waals surface area contributed by atoms with Crippen molar-refractivity contribution in [3.05, 3.63) is 118 Å². The Labute approximate surface area is 282 Å². The number of aromatic hydroxyl groups is 5. The van der Waals surface area contributed by atoms with Gasteiger partial charge in [-0.3, -0.25) is 4.79 Å². The van der Waals surface area contributed by atoms with Gasteiger partial charge in [0.25, 0.3) is 5.79 Å². The zero-order valence-corrected chi connectivity index (χ0v) is 27.0. The molecule has 4 atom stereocenters. The third-order valence-corrected chi connectivity index (χ3v) is 9.95. The number of benzene rings is 4. The van der Waals surface area contributed by atoms with Gasteiger partial charge in [0, 0.05) is 35.1 Å². The molecule has 0 amide bonds. The summed E-state index contributed by atoms with van der Waals surface area (Å²) >= 11 is 0. The molecule has 3 heterocycles. The molecule has 5 N–H and O–H groups in total. The lowest BCUT2D eigenvalue weighted by Gasteiger charge is -2.55. The van der Waals surface area contributed by atoms with Crippen molar-refractivity contribution >= 4 is 17.9 Å². The van der Waals surface area contributed by atoms with Gasteiger partial charge in [0.2, 0.25) is 0 Å². The third-order valence-electron chi connectivity index (χ3n) is 9.95. The molecule has 4 aliphatic rings. The summed E-state index contributed by atoms with van der Waals surface area (Å²) in [6.07, 6.45) is 9.10. The van der Waals surface area contributed by atoms with Crippen molar-refractivity contribution < 1.29 is 44.5 Å². The van der Waals surface area contributed by atoms with Gasteiger partial charge in [-0.15, -0.1) is 0 Å². The van der Waals surface area contributed by atoms with Gasteiger partial charge in [-0.1, -0.05) is 17.7 Å². The molecule has 248 valence electrons. The van der Waals surface area contributed by atoms with Crippen molar-refractivity contribution in [1.82, 2.24) is 0 Å². The van der Waals surface area contributed by atoms with E-state index in [-0.39, 0.29) is 40.2 Å². The Balaban J connectivity index is 1.32. The molecular weight excluding hydrogens is 624 g/mol. The maximum absolute atomic E-state index is 13.5. The maximum atomic E-state index is 13.5. The van der Waals surface area contributed by atoms with E-state index in [4.69, 9.17) is 14.2 Å². The van der Waals surface area contributed by atoms with Crippen LogP contribution >= 0.6 is 0 Å². The SMILES string of the molecule is CC1=C[C@@H]2c3c(ccc(C(=O)/C=C/c4ccc(O)cc4O)c3O)O[C@]3(c4ccc(O)c5c4OC(C)(C)C=C5)Oc4cc(O)ccc4[C@@H](C1)[C@H]23. The van der Waals surface area contributed by atoms with Crippen LogP contribution in [0.1, 0.15) is 77.2 Å². The summed E-state index contributed by atoms with van der Waals surface area (Å²) in [6, 6.07) is 15.6. The Morgan fingerprint density at radius 1 is 0.857 bits per heavy atom. The van der Waals surface area contributed by atoms with E-state index in [0.29, 0.717) is 45.9 Å². The first-order valence-corrected chi connectivity index (χ1v) is 16.1. The molecule has 1 aliphatic carbocycles. The topological polar surface area (TPSA) is 146 Å². The number of allylic oxidation sites excluding steroid dienone is 3. The Bertz CT molecular complexity index is 2170. The van der Waals surface area contributed by atoms with Gasteiger partial charge in [0.1, 0.15) is 51.6 Å². The standard InChI is InChI=1S/C40H34O9/c1-20-16-27-24-8-7-23(42)19-34(24)48-40(29-10-12-31(44)26-14-15-39(2,3)49-38(26)29)36(27)28(17-20)35-33(47-40)13-9-25(37(35)46)30(43)11-5-21-4-6-22(41)18-32(21)45/h4-15,17-19,27-28,36,41-42,44-46H,16H2,1-3H3/b11-5+/t27-,28-,36-,40-/m1/s1. The average molecular weight is 659 g/mol. The van der Waals surface area contributed by atoms with E-state index in [9.17, 15) is 30.3 Å². The fourth-order valence-corrected chi connectivity index (χ4v) is 7.80. The van der Waals surface area contributed by atoms with E-state index in [1.54, 1.807) is 30.3 Å². The average Bonchev–Trinajstić information content (AvgIpc) is 3.03. The Morgan fingerprint density at radius 3 is 2.41 bits per heavy atom. The minimum atomic E-state index is -1.53. The molecule has 0 saturated heterocycles. The van der Waals surface area contributed by atoms with Crippen LogP contribution in [-0.2, 0) is 5.79 Å². The molecule has 4 aromatic carbocycles. The van der Waals surface area contributed by atoms with Crippen LogP contribution in [0.2, 0.25) is 0 Å². The second kappa shape index (κ2) is 10.6. The largest absolute Gasteiger partial charge is 0.508 e. The maximum Gasteiger partial charge on any atom is 0.285 e. The molecule has 4 aromatic rings. The smallest absolute Gasteiger partial charge is 0.285 e. The normalized spacial score (nSPS) is 23.9. The molecule has 0 unspecified atom stereocenters. The number of hydrogen-bond donors (Lipinski definition) is 5. The van der Waals surface area contributed by atoms with E-state index in [1.807, 2.05) is 39.0 Å². The van der Waals surface area contributed by atoms with Crippen LogP contribution in [0.5, 0.6) is 46.0 Å². The molecule has 9 nitrogen and oxygen atoms in total. The van der Waals surface area contributed by atoms with Gasteiger partial charge in [-0.2, -0.15) is 0 Å². The van der Waals surface area contributed by atoms with E-state index < -0.39 is 29.0 Å². The van der Waals surface area contributed by atoms with Gasteiger partial charge in [-0.25, -0.2) is 0 Å². The van der Waals surface area contributed by atoms with Crippen molar-refractivity contribution in [2.24, 2.45) is 5.92 Å². The van der Waals surface area contributed by atoms with E-state index in [0.717, 1.165) is 11.1 Å². The molecule has 49 heavy (non-hydrogen) atoms.